The number of para-hydroxylation sites is 2. The van der Waals surface area contributed by atoms with Gasteiger partial charge in [0, 0.05) is 19.0 Å². The molecule has 0 bridgehead atoms. The Morgan fingerprint density at radius 2 is 1.69 bits per heavy atom. The Bertz CT molecular complexity index is 1800. The first-order valence-electron chi connectivity index (χ1n) is 16.3. The van der Waals surface area contributed by atoms with E-state index in [-0.39, 0.29) is 19.2 Å². The number of pyridine rings is 1. The van der Waals surface area contributed by atoms with Crippen LogP contribution < -0.4 is 35.9 Å². The third-order valence-corrected chi connectivity index (χ3v) is 9.11. The minimum atomic E-state index is 0. The minimum absolute atomic E-state index is 0. The molecule has 0 atom stereocenters. The van der Waals surface area contributed by atoms with Crippen molar-refractivity contribution in [3.63, 3.8) is 0 Å². The van der Waals surface area contributed by atoms with Crippen LogP contribution in [-0.2, 0) is 26.1 Å². The lowest BCUT2D eigenvalue weighted by Crippen LogP contribution is -3.00. The van der Waals surface area contributed by atoms with Gasteiger partial charge in [0.15, 0.2) is 35.7 Å². The van der Waals surface area contributed by atoms with E-state index in [1.165, 1.54) is 67.3 Å². The maximum Gasteiger partial charge on any atom is 0.231 e. The fraction of sp³-hybridized carbons (Fsp3) is 0.405. The molecule has 0 fully saturated rings. The lowest BCUT2D eigenvalue weighted by molar-refractivity contribution is -0.686. The summed E-state index contributed by atoms with van der Waals surface area (Å²) in [4.78, 5) is 5.01. The van der Waals surface area contributed by atoms with E-state index in [1.807, 2.05) is 6.07 Å². The molecule has 2 aliphatic heterocycles. The van der Waals surface area contributed by atoms with Gasteiger partial charge in [-0.3, -0.25) is 0 Å². The van der Waals surface area contributed by atoms with Crippen LogP contribution in [0.5, 0.6) is 23.0 Å². The molecule has 236 valence electrons. The molecular formula is C37H42ClN3O4. The highest BCUT2D eigenvalue weighted by molar-refractivity contribution is 5.91. The van der Waals surface area contributed by atoms with Crippen LogP contribution >= 0.6 is 0 Å². The molecule has 2 aromatic heterocycles. The Morgan fingerprint density at radius 3 is 2.51 bits per heavy atom. The number of aryl methyl sites for hydroxylation is 3. The van der Waals surface area contributed by atoms with Crippen molar-refractivity contribution in [2.24, 2.45) is 0 Å². The Balaban J connectivity index is 0.00000357. The number of rotatable bonds is 13. The van der Waals surface area contributed by atoms with Gasteiger partial charge in [-0.15, -0.1) is 0 Å². The fourth-order valence-electron chi connectivity index (χ4n) is 6.73. The highest BCUT2D eigenvalue weighted by Gasteiger charge is 2.29. The molecule has 4 heterocycles. The molecule has 7 rings (SSSR count). The second-order valence-electron chi connectivity index (χ2n) is 12.0. The van der Waals surface area contributed by atoms with E-state index in [9.17, 15) is 0 Å². The molecule has 45 heavy (non-hydrogen) atoms. The van der Waals surface area contributed by atoms with Gasteiger partial charge in [-0.25, -0.2) is 4.98 Å². The SMILES string of the molecule is CCCCCCCCCCn1c(COc2c(OC)ccc3cc4[n+](cc23)CCc2cc3c(cc2-4)OCO3)nc2ccccc21.[Cl-]. The first-order valence-corrected chi connectivity index (χ1v) is 16.3. The van der Waals surface area contributed by atoms with Gasteiger partial charge in [0.05, 0.1) is 29.1 Å². The highest BCUT2D eigenvalue weighted by atomic mass is 35.5. The van der Waals surface area contributed by atoms with Crippen LogP contribution in [0, 0.1) is 0 Å². The van der Waals surface area contributed by atoms with E-state index >= 15 is 0 Å². The molecule has 8 heteroatoms. The summed E-state index contributed by atoms with van der Waals surface area (Å²) in [5.41, 5.74) is 5.83. The average molecular weight is 628 g/mol. The largest absolute Gasteiger partial charge is 1.00 e. The maximum absolute atomic E-state index is 6.64. The normalized spacial score (nSPS) is 13.0. The zero-order valence-electron chi connectivity index (χ0n) is 26.3. The lowest BCUT2D eigenvalue weighted by atomic mass is 9.95. The smallest absolute Gasteiger partial charge is 0.231 e. The number of unbranched alkanes of at least 4 members (excludes halogenated alkanes) is 7. The quantitative estimate of drug-likeness (QED) is 0.133. The number of nitrogens with zero attached hydrogens (tertiary/aromatic N) is 3. The van der Waals surface area contributed by atoms with E-state index in [1.54, 1.807) is 7.11 Å². The molecule has 0 saturated heterocycles. The van der Waals surface area contributed by atoms with Crippen molar-refractivity contribution in [3.05, 3.63) is 72.2 Å². The maximum atomic E-state index is 6.64. The monoisotopic (exact) mass is 627 g/mol. The van der Waals surface area contributed by atoms with Crippen LogP contribution in [0.15, 0.2) is 60.8 Å². The van der Waals surface area contributed by atoms with Crippen LogP contribution in [0.2, 0.25) is 0 Å². The molecule has 0 N–H and O–H groups in total. The van der Waals surface area contributed by atoms with Gasteiger partial charge >= 0.3 is 0 Å². The number of hydrogen-bond donors (Lipinski definition) is 0. The molecule has 7 nitrogen and oxygen atoms in total. The molecule has 0 spiro atoms. The van der Waals surface area contributed by atoms with E-state index < -0.39 is 0 Å². The lowest BCUT2D eigenvalue weighted by Gasteiger charge is -2.18. The van der Waals surface area contributed by atoms with Gasteiger partial charge < -0.3 is 35.9 Å². The average Bonchev–Trinajstić information content (AvgIpc) is 3.66. The van der Waals surface area contributed by atoms with Gasteiger partial charge in [-0.05, 0) is 53.8 Å². The zero-order chi connectivity index (χ0) is 29.9. The van der Waals surface area contributed by atoms with Crippen molar-refractivity contribution in [1.82, 2.24) is 9.55 Å². The standard InChI is InChI=1S/C37H42N3O4.ClH/c1-3-4-5-6-7-8-9-12-18-40-31-14-11-10-13-30(31)38-36(40)24-42-37-29-23-39-19-17-27-21-34-35(44-25-43-34)22-28(27)32(39)20-26(29)15-16-33(37)41-2;/h10-11,13-16,20-23H,3-9,12,17-19,24-25H2,1-2H3;1H/q+1;/p-1. The van der Waals surface area contributed by atoms with Crippen molar-refractivity contribution >= 4 is 21.8 Å². The van der Waals surface area contributed by atoms with Gasteiger partial charge in [-0.2, -0.15) is 4.57 Å². The van der Waals surface area contributed by atoms with Crippen molar-refractivity contribution in [2.45, 2.75) is 84.4 Å². The van der Waals surface area contributed by atoms with Gasteiger partial charge in [0.25, 0.3) is 0 Å². The number of imidazole rings is 1. The summed E-state index contributed by atoms with van der Waals surface area (Å²) in [6.07, 6.45) is 13.5. The number of hydrogen-bond acceptors (Lipinski definition) is 5. The predicted molar refractivity (Wildman–Crippen MR) is 173 cm³/mol. The molecule has 0 amide bonds. The van der Waals surface area contributed by atoms with Crippen molar-refractivity contribution in [3.8, 4) is 34.3 Å². The second kappa shape index (κ2) is 14.0. The number of ether oxygens (including phenoxy) is 4. The van der Waals surface area contributed by atoms with Gasteiger partial charge in [0.1, 0.15) is 12.4 Å². The summed E-state index contributed by atoms with van der Waals surface area (Å²) in [5, 5.41) is 2.13. The Morgan fingerprint density at radius 1 is 0.911 bits per heavy atom. The number of aromatic nitrogens is 3. The van der Waals surface area contributed by atoms with Crippen LogP contribution in [-0.4, -0.2) is 23.5 Å². The van der Waals surface area contributed by atoms with Crippen LogP contribution in [0.25, 0.3) is 33.1 Å². The Kier molecular flexibility index (Phi) is 9.64. The van der Waals surface area contributed by atoms with Gasteiger partial charge in [-0.1, -0.05) is 64.0 Å². The molecule has 0 aliphatic carbocycles. The Hall–Kier alpha value is -3.97. The predicted octanol–water partition coefficient (Wildman–Crippen LogP) is 5.16. The third kappa shape index (κ3) is 6.28. The second-order valence-corrected chi connectivity index (χ2v) is 12.0. The summed E-state index contributed by atoms with van der Waals surface area (Å²) in [6.45, 7) is 4.75. The van der Waals surface area contributed by atoms with Crippen LogP contribution in [0.4, 0.5) is 0 Å². The molecule has 5 aromatic rings. The number of methoxy groups -OCH3 is 1. The molecule has 3 aromatic carbocycles. The highest BCUT2D eigenvalue weighted by Crippen LogP contribution is 2.42. The molecule has 0 saturated carbocycles. The van der Waals surface area contributed by atoms with Crippen LogP contribution in [0.1, 0.15) is 69.7 Å². The molecule has 0 unspecified atom stereocenters. The summed E-state index contributed by atoms with van der Waals surface area (Å²) in [6, 6.07) is 19.0. The van der Waals surface area contributed by atoms with Crippen LogP contribution in [0.3, 0.4) is 0 Å². The third-order valence-electron chi connectivity index (χ3n) is 9.11. The summed E-state index contributed by atoms with van der Waals surface area (Å²) in [5.74, 6) is 4.08. The van der Waals surface area contributed by atoms with E-state index in [2.05, 4.69) is 70.8 Å². The first kappa shape index (κ1) is 31.0. The van der Waals surface area contributed by atoms with Crippen molar-refractivity contribution in [2.75, 3.05) is 13.9 Å². The minimum Gasteiger partial charge on any atom is -1.00 e. The number of benzene rings is 3. The van der Waals surface area contributed by atoms with Gasteiger partial charge in [0.2, 0.25) is 12.5 Å². The van der Waals surface area contributed by atoms with E-state index in [4.69, 9.17) is 23.9 Å². The summed E-state index contributed by atoms with van der Waals surface area (Å²) in [7, 11) is 1.70. The van der Waals surface area contributed by atoms with Crippen molar-refractivity contribution in [1.29, 1.82) is 0 Å². The Labute approximate surface area is 271 Å². The van der Waals surface area contributed by atoms with E-state index in [0.717, 1.165) is 71.0 Å². The molecule has 2 aliphatic rings. The molecule has 0 radical (unpaired) electrons. The number of halogens is 1. The zero-order valence-corrected chi connectivity index (χ0v) is 27.1. The topological polar surface area (TPSA) is 58.6 Å². The fourth-order valence-corrected chi connectivity index (χ4v) is 6.73. The first-order chi connectivity index (χ1) is 21.7. The van der Waals surface area contributed by atoms with E-state index in [0.29, 0.717) is 6.61 Å². The summed E-state index contributed by atoms with van der Waals surface area (Å²) >= 11 is 0. The summed E-state index contributed by atoms with van der Waals surface area (Å²) < 4.78 is 28.5. The van der Waals surface area contributed by atoms with Crippen molar-refractivity contribution < 1.29 is 35.9 Å². The molecular weight excluding hydrogens is 586 g/mol. The number of fused-ring (bicyclic) bond motifs is 6.